The van der Waals surface area contributed by atoms with Crippen LogP contribution < -0.4 is 0 Å². The third kappa shape index (κ3) is 2.84. The van der Waals surface area contributed by atoms with Crippen molar-refractivity contribution in [3.8, 4) is 0 Å². The summed E-state index contributed by atoms with van der Waals surface area (Å²) in [6.45, 7) is 1.60. The zero-order valence-corrected chi connectivity index (χ0v) is 11.0. The quantitative estimate of drug-likeness (QED) is 0.684. The monoisotopic (exact) mass is 283 g/mol. The molecule has 2 rings (SSSR count). The van der Waals surface area contributed by atoms with Gasteiger partial charge in [0.1, 0.15) is 5.01 Å². The summed E-state index contributed by atoms with van der Waals surface area (Å²) in [4.78, 5) is 10.9. The molecular formula is C10H9N3O3S2. The predicted molar refractivity (Wildman–Crippen MR) is 67.8 cm³/mol. The van der Waals surface area contributed by atoms with Crippen molar-refractivity contribution in [2.75, 3.05) is 0 Å². The van der Waals surface area contributed by atoms with E-state index in [1.807, 2.05) is 6.92 Å². The van der Waals surface area contributed by atoms with Crippen LogP contribution in [0.25, 0.3) is 0 Å². The van der Waals surface area contributed by atoms with Gasteiger partial charge < -0.3 is 5.11 Å². The Balaban J connectivity index is 2.30. The Bertz CT molecular complexity index is 585. The molecule has 94 valence electrons. The maximum absolute atomic E-state index is 10.6. The van der Waals surface area contributed by atoms with E-state index in [0.717, 1.165) is 14.2 Å². The van der Waals surface area contributed by atoms with Gasteiger partial charge in [-0.25, -0.2) is 0 Å². The van der Waals surface area contributed by atoms with E-state index in [1.165, 1.54) is 35.2 Å². The summed E-state index contributed by atoms with van der Waals surface area (Å²) in [5.41, 5.74) is 0.485. The third-order valence-corrected chi connectivity index (χ3v) is 4.14. The molecule has 0 aliphatic rings. The third-order valence-electron chi connectivity index (χ3n) is 2.13. The number of aromatic nitrogens is 2. The fourth-order valence-corrected chi connectivity index (χ4v) is 3.19. The second-order valence-corrected chi connectivity index (χ2v) is 5.87. The molecule has 0 aliphatic heterocycles. The van der Waals surface area contributed by atoms with Crippen LogP contribution in [0.15, 0.2) is 27.4 Å². The molecule has 0 amide bonds. The molecule has 0 aliphatic carbocycles. The zero-order valence-electron chi connectivity index (χ0n) is 9.36. The SMILES string of the molecule is Cc1nnc(Sc2ccc([N+](=O)[O-])cc2CO)s1. The highest BCUT2D eigenvalue weighted by Crippen LogP contribution is 2.34. The molecule has 18 heavy (non-hydrogen) atoms. The van der Waals surface area contributed by atoms with Gasteiger partial charge in [-0.3, -0.25) is 10.1 Å². The normalized spacial score (nSPS) is 10.6. The first-order valence-corrected chi connectivity index (χ1v) is 6.59. The molecule has 1 heterocycles. The second kappa shape index (κ2) is 5.42. The van der Waals surface area contributed by atoms with Crippen LogP contribution in [-0.2, 0) is 6.61 Å². The van der Waals surface area contributed by atoms with Gasteiger partial charge in [0.05, 0.1) is 11.5 Å². The lowest BCUT2D eigenvalue weighted by Gasteiger charge is -2.04. The van der Waals surface area contributed by atoms with Gasteiger partial charge in [-0.1, -0.05) is 23.1 Å². The second-order valence-electron chi connectivity index (χ2n) is 3.40. The average molecular weight is 283 g/mol. The van der Waals surface area contributed by atoms with E-state index in [2.05, 4.69) is 10.2 Å². The van der Waals surface area contributed by atoms with Crippen LogP contribution in [0.4, 0.5) is 5.69 Å². The molecule has 2 aromatic rings. The summed E-state index contributed by atoms with van der Waals surface area (Å²) >= 11 is 2.78. The molecule has 1 aromatic heterocycles. The first kappa shape index (κ1) is 12.9. The van der Waals surface area contributed by atoms with Crippen molar-refractivity contribution in [2.24, 2.45) is 0 Å². The molecule has 0 spiro atoms. The molecule has 0 radical (unpaired) electrons. The summed E-state index contributed by atoms with van der Waals surface area (Å²) in [7, 11) is 0. The van der Waals surface area contributed by atoms with Gasteiger partial charge in [0.2, 0.25) is 0 Å². The molecule has 1 aromatic carbocycles. The lowest BCUT2D eigenvalue weighted by atomic mass is 10.2. The largest absolute Gasteiger partial charge is 0.392 e. The Morgan fingerprint density at radius 1 is 1.50 bits per heavy atom. The van der Waals surface area contributed by atoms with Crippen molar-refractivity contribution in [3.05, 3.63) is 38.9 Å². The molecule has 1 N–H and O–H groups in total. The fraction of sp³-hybridized carbons (Fsp3) is 0.200. The Morgan fingerprint density at radius 3 is 2.83 bits per heavy atom. The number of aliphatic hydroxyl groups is 1. The Kier molecular flexibility index (Phi) is 3.90. The van der Waals surface area contributed by atoms with Gasteiger partial charge in [0, 0.05) is 17.0 Å². The Morgan fingerprint density at radius 2 is 2.28 bits per heavy atom. The van der Waals surface area contributed by atoms with Gasteiger partial charge in [-0.05, 0) is 18.6 Å². The van der Waals surface area contributed by atoms with Crippen LogP contribution in [0.3, 0.4) is 0 Å². The minimum Gasteiger partial charge on any atom is -0.392 e. The molecule has 0 unspecified atom stereocenters. The number of hydrogen-bond donors (Lipinski definition) is 1. The molecular weight excluding hydrogens is 274 g/mol. The molecule has 6 nitrogen and oxygen atoms in total. The highest BCUT2D eigenvalue weighted by atomic mass is 32.2. The molecule has 0 atom stereocenters. The van der Waals surface area contributed by atoms with E-state index < -0.39 is 4.92 Å². The highest BCUT2D eigenvalue weighted by Gasteiger charge is 2.12. The topological polar surface area (TPSA) is 89.2 Å². The molecule has 0 saturated carbocycles. The summed E-state index contributed by atoms with van der Waals surface area (Å²) in [5.74, 6) is 0. The first-order chi connectivity index (χ1) is 8.60. The van der Waals surface area contributed by atoms with Gasteiger partial charge in [0.25, 0.3) is 5.69 Å². The molecule has 0 saturated heterocycles. The van der Waals surface area contributed by atoms with Crippen molar-refractivity contribution in [3.63, 3.8) is 0 Å². The number of nitro benzene ring substituents is 1. The van der Waals surface area contributed by atoms with Crippen LogP contribution in [0.5, 0.6) is 0 Å². The minimum absolute atomic E-state index is 0.0307. The molecule has 0 bridgehead atoms. The number of non-ortho nitro benzene ring substituents is 1. The van der Waals surface area contributed by atoms with Crippen molar-refractivity contribution in [2.45, 2.75) is 22.8 Å². The number of rotatable bonds is 4. The Labute approximate surface area is 111 Å². The van der Waals surface area contributed by atoms with Crippen LogP contribution in [-0.4, -0.2) is 20.2 Å². The maximum atomic E-state index is 10.6. The standard InChI is InChI=1S/C10H9N3O3S2/c1-6-11-12-10(17-6)18-9-3-2-8(13(15)16)4-7(9)5-14/h2-4,14H,5H2,1H3. The van der Waals surface area contributed by atoms with Gasteiger partial charge in [0.15, 0.2) is 4.34 Å². The number of benzene rings is 1. The van der Waals surface area contributed by atoms with E-state index in [4.69, 9.17) is 0 Å². The van der Waals surface area contributed by atoms with Gasteiger partial charge in [-0.2, -0.15) is 0 Å². The lowest BCUT2D eigenvalue weighted by molar-refractivity contribution is -0.385. The van der Waals surface area contributed by atoms with Crippen molar-refractivity contribution >= 4 is 28.8 Å². The highest BCUT2D eigenvalue weighted by molar-refractivity contribution is 8.01. The number of nitro groups is 1. The van der Waals surface area contributed by atoms with Crippen LogP contribution >= 0.6 is 23.1 Å². The zero-order chi connectivity index (χ0) is 13.1. The van der Waals surface area contributed by atoms with E-state index in [1.54, 1.807) is 6.07 Å². The van der Waals surface area contributed by atoms with Crippen LogP contribution in [0.2, 0.25) is 0 Å². The predicted octanol–water partition coefficient (Wildman–Crippen LogP) is 2.40. The summed E-state index contributed by atoms with van der Waals surface area (Å²) in [5, 5.41) is 28.6. The van der Waals surface area contributed by atoms with Gasteiger partial charge >= 0.3 is 0 Å². The number of hydrogen-bond acceptors (Lipinski definition) is 7. The van der Waals surface area contributed by atoms with E-state index in [-0.39, 0.29) is 12.3 Å². The van der Waals surface area contributed by atoms with Crippen molar-refractivity contribution in [1.29, 1.82) is 0 Å². The number of nitrogens with zero attached hydrogens (tertiary/aromatic N) is 3. The van der Waals surface area contributed by atoms with E-state index >= 15 is 0 Å². The molecule has 0 fully saturated rings. The minimum atomic E-state index is -0.483. The number of aryl methyl sites for hydroxylation is 1. The number of aliphatic hydroxyl groups excluding tert-OH is 1. The van der Waals surface area contributed by atoms with Crippen molar-refractivity contribution in [1.82, 2.24) is 10.2 Å². The summed E-state index contributed by atoms with van der Waals surface area (Å²) < 4.78 is 0.746. The lowest BCUT2D eigenvalue weighted by Crippen LogP contribution is -1.93. The summed E-state index contributed by atoms with van der Waals surface area (Å²) in [6.07, 6.45) is 0. The Hall–Kier alpha value is -1.51. The molecule has 8 heteroatoms. The maximum Gasteiger partial charge on any atom is 0.269 e. The summed E-state index contributed by atoms with van der Waals surface area (Å²) in [6, 6.07) is 4.40. The average Bonchev–Trinajstić information content (AvgIpc) is 2.75. The van der Waals surface area contributed by atoms with E-state index in [0.29, 0.717) is 5.56 Å². The van der Waals surface area contributed by atoms with Crippen molar-refractivity contribution < 1.29 is 10.0 Å². The van der Waals surface area contributed by atoms with Crippen LogP contribution in [0.1, 0.15) is 10.6 Å². The van der Waals surface area contributed by atoms with Crippen LogP contribution in [0, 0.1) is 17.0 Å². The van der Waals surface area contributed by atoms with E-state index in [9.17, 15) is 15.2 Å². The van der Waals surface area contributed by atoms with Gasteiger partial charge in [-0.15, -0.1) is 10.2 Å². The smallest absolute Gasteiger partial charge is 0.269 e. The first-order valence-electron chi connectivity index (χ1n) is 4.96. The fourth-order valence-electron chi connectivity index (χ4n) is 1.32.